The van der Waals surface area contributed by atoms with Crippen LogP contribution in [0.5, 0.6) is 0 Å². The number of aliphatic hydroxyl groups excluding tert-OH is 1. The van der Waals surface area contributed by atoms with E-state index in [1.54, 1.807) is 0 Å². The quantitative estimate of drug-likeness (QED) is 0.900. The summed E-state index contributed by atoms with van der Waals surface area (Å²) in [6.07, 6.45) is 0.531. The van der Waals surface area contributed by atoms with Gasteiger partial charge in [0.1, 0.15) is 12.7 Å². The molecule has 0 unspecified atom stereocenters. The molecule has 3 rings (SSSR count). The van der Waals surface area contributed by atoms with Crippen LogP contribution in [0.2, 0.25) is 0 Å². The molecule has 5 heteroatoms. The molecule has 1 aliphatic heterocycles. The summed E-state index contributed by atoms with van der Waals surface area (Å²) in [5, 5.41) is 9.92. The second kappa shape index (κ2) is 5.25. The Kier molecular flexibility index (Phi) is 3.44. The minimum atomic E-state index is -1.07. The highest BCUT2D eigenvalue weighted by atomic mass is 16.6. The van der Waals surface area contributed by atoms with Crippen molar-refractivity contribution in [2.45, 2.75) is 31.4 Å². The lowest BCUT2D eigenvalue weighted by Crippen LogP contribution is -2.46. The predicted octanol–water partition coefficient (Wildman–Crippen LogP) is 1.35. The van der Waals surface area contributed by atoms with Crippen LogP contribution in [0.15, 0.2) is 30.3 Å². The molecule has 106 valence electrons. The van der Waals surface area contributed by atoms with E-state index in [1.807, 2.05) is 30.3 Å². The van der Waals surface area contributed by atoms with E-state index in [4.69, 9.17) is 4.74 Å². The van der Waals surface area contributed by atoms with E-state index < -0.39 is 18.1 Å². The topological polar surface area (TPSA) is 66.8 Å². The Morgan fingerprint density at radius 2 is 2.05 bits per heavy atom. The lowest BCUT2D eigenvalue weighted by Gasteiger charge is -2.22. The third kappa shape index (κ3) is 2.54. The summed E-state index contributed by atoms with van der Waals surface area (Å²) in [4.78, 5) is 25.0. The average Bonchev–Trinajstić information content (AvgIpc) is 3.24. The van der Waals surface area contributed by atoms with Crippen molar-refractivity contribution in [2.75, 3.05) is 6.61 Å². The van der Waals surface area contributed by atoms with Crippen LogP contribution in [0, 0.1) is 5.92 Å². The first-order valence-electron chi connectivity index (χ1n) is 6.88. The number of ether oxygens (including phenoxy) is 1. The number of nitrogens with zero attached hydrogens (tertiary/aromatic N) is 1. The Morgan fingerprint density at radius 3 is 2.70 bits per heavy atom. The lowest BCUT2D eigenvalue weighted by atomic mass is 10.1. The predicted molar refractivity (Wildman–Crippen MR) is 70.9 cm³/mol. The van der Waals surface area contributed by atoms with Crippen molar-refractivity contribution in [3.63, 3.8) is 0 Å². The van der Waals surface area contributed by atoms with Gasteiger partial charge in [-0.05, 0) is 30.7 Å². The maximum Gasteiger partial charge on any atom is 0.417 e. The van der Waals surface area contributed by atoms with Crippen LogP contribution < -0.4 is 0 Å². The number of cyclic esters (lactones) is 1. The van der Waals surface area contributed by atoms with Gasteiger partial charge in [-0.25, -0.2) is 9.69 Å². The Bertz CT molecular complexity index is 512. The van der Waals surface area contributed by atoms with Gasteiger partial charge in [-0.1, -0.05) is 30.3 Å². The van der Waals surface area contributed by atoms with Gasteiger partial charge in [0.15, 0.2) is 0 Å². The van der Waals surface area contributed by atoms with E-state index in [2.05, 4.69) is 0 Å². The van der Waals surface area contributed by atoms with Crippen molar-refractivity contribution in [3.05, 3.63) is 35.9 Å². The molecular weight excluding hydrogens is 258 g/mol. The fourth-order valence-corrected chi connectivity index (χ4v) is 2.52. The van der Waals surface area contributed by atoms with Crippen molar-refractivity contribution < 1.29 is 19.4 Å². The Labute approximate surface area is 117 Å². The SMILES string of the molecule is O=C1OC[C@H](Cc2ccccc2)N1C(=O)[C@@H](O)C1CC1. The Hall–Kier alpha value is -1.88. The third-order valence-corrected chi connectivity index (χ3v) is 3.83. The first-order valence-corrected chi connectivity index (χ1v) is 6.88. The van der Waals surface area contributed by atoms with Gasteiger partial charge in [0.2, 0.25) is 0 Å². The van der Waals surface area contributed by atoms with Gasteiger partial charge in [0, 0.05) is 0 Å². The van der Waals surface area contributed by atoms with E-state index in [-0.39, 0.29) is 18.6 Å². The molecule has 1 saturated heterocycles. The average molecular weight is 275 g/mol. The molecule has 1 saturated carbocycles. The molecule has 1 N–H and O–H groups in total. The molecule has 1 heterocycles. The summed E-state index contributed by atoms with van der Waals surface area (Å²) in [6, 6.07) is 9.31. The van der Waals surface area contributed by atoms with Gasteiger partial charge in [-0.15, -0.1) is 0 Å². The van der Waals surface area contributed by atoms with Gasteiger partial charge < -0.3 is 9.84 Å². The second-order valence-electron chi connectivity index (χ2n) is 5.41. The highest BCUT2D eigenvalue weighted by molar-refractivity contribution is 5.96. The molecule has 2 fully saturated rings. The van der Waals surface area contributed by atoms with Crippen molar-refractivity contribution in [1.29, 1.82) is 0 Å². The van der Waals surface area contributed by atoms with Crippen molar-refractivity contribution in [3.8, 4) is 0 Å². The smallest absolute Gasteiger partial charge is 0.417 e. The normalized spacial score (nSPS) is 23.6. The molecule has 2 atom stereocenters. The van der Waals surface area contributed by atoms with Crippen LogP contribution in [0.1, 0.15) is 18.4 Å². The van der Waals surface area contributed by atoms with Crippen LogP contribution in [-0.4, -0.2) is 40.8 Å². The molecule has 2 aliphatic rings. The van der Waals surface area contributed by atoms with E-state index >= 15 is 0 Å². The number of hydrogen-bond acceptors (Lipinski definition) is 4. The van der Waals surface area contributed by atoms with Crippen molar-refractivity contribution in [2.24, 2.45) is 5.92 Å². The van der Waals surface area contributed by atoms with Crippen LogP contribution in [0.25, 0.3) is 0 Å². The summed E-state index contributed by atoms with van der Waals surface area (Å²) < 4.78 is 4.98. The van der Waals surface area contributed by atoms with Gasteiger partial charge in [0.05, 0.1) is 6.04 Å². The molecule has 1 aromatic rings. The number of amides is 2. The van der Waals surface area contributed by atoms with E-state index in [1.165, 1.54) is 0 Å². The number of imide groups is 1. The molecule has 2 amide bonds. The number of hydrogen-bond donors (Lipinski definition) is 1. The highest BCUT2D eigenvalue weighted by Gasteiger charge is 2.44. The summed E-state index contributed by atoms with van der Waals surface area (Å²) in [5.41, 5.74) is 1.04. The summed E-state index contributed by atoms with van der Waals surface area (Å²) >= 11 is 0. The number of carbonyl (C=O) groups excluding carboxylic acids is 2. The van der Waals surface area contributed by atoms with Gasteiger partial charge in [0.25, 0.3) is 5.91 Å². The Morgan fingerprint density at radius 1 is 1.35 bits per heavy atom. The molecule has 0 bridgehead atoms. The van der Waals surface area contributed by atoms with E-state index in [0.29, 0.717) is 6.42 Å². The van der Waals surface area contributed by atoms with Gasteiger partial charge in [-0.2, -0.15) is 0 Å². The fourth-order valence-electron chi connectivity index (χ4n) is 2.52. The molecule has 1 aliphatic carbocycles. The lowest BCUT2D eigenvalue weighted by molar-refractivity contribution is -0.139. The summed E-state index contributed by atoms with van der Waals surface area (Å²) in [6.45, 7) is 0.191. The maximum atomic E-state index is 12.2. The summed E-state index contributed by atoms with van der Waals surface area (Å²) in [7, 11) is 0. The van der Waals surface area contributed by atoms with Crippen LogP contribution in [0.3, 0.4) is 0 Å². The standard InChI is InChI=1S/C15H17NO4/c17-13(11-6-7-11)14(18)16-12(9-20-15(16)19)8-10-4-2-1-3-5-10/h1-5,11-13,17H,6-9H2/t12-,13-/m0/s1. The van der Waals surface area contributed by atoms with E-state index in [0.717, 1.165) is 23.3 Å². The van der Waals surface area contributed by atoms with Crippen LogP contribution in [0.4, 0.5) is 4.79 Å². The zero-order valence-electron chi connectivity index (χ0n) is 11.1. The second-order valence-corrected chi connectivity index (χ2v) is 5.41. The molecule has 0 radical (unpaired) electrons. The third-order valence-electron chi connectivity index (χ3n) is 3.83. The maximum absolute atomic E-state index is 12.2. The minimum absolute atomic E-state index is 0.00766. The number of benzene rings is 1. The first-order chi connectivity index (χ1) is 9.66. The number of rotatable bonds is 4. The van der Waals surface area contributed by atoms with Crippen molar-refractivity contribution >= 4 is 12.0 Å². The van der Waals surface area contributed by atoms with Crippen LogP contribution >= 0.6 is 0 Å². The van der Waals surface area contributed by atoms with Gasteiger partial charge in [-0.3, -0.25) is 4.79 Å². The highest BCUT2D eigenvalue weighted by Crippen LogP contribution is 2.34. The molecule has 0 aromatic heterocycles. The molecular formula is C15H17NO4. The molecule has 20 heavy (non-hydrogen) atoms. The molecule has 5 nitrogen and oxygen atoms in total. The minimum Gasteiger partial charge on any atom is -0.447 e. The largest absolute Gasteiger partial charge is 0.447 e. The molecule has 1 aromatic carbocycles. The Balaban J connectivity index is 1.73. The van der Waals surface area contributed by atoms with Crippen molar-refractivity contribution in [1.82, 2.24) is 4.90 Å². The van der Waals surface area contributed by atoms with Gasteiger partial charge >= 0.3 is 6.09 Å². The number of carbonyl (C=O) groups is 2. The zero-order chi connectivity index (χ0) is 14.1. The molecule has 0 spiro atoms. The monoisotopic (exact) mass is 275 g/mol. The van der Waals surface area contributed by atoms with Crippen LogP contribution in [-0.2, 0) is 16.0 Å². The first kappa shape index (κ1) is 13.1. The van der Waals surface area contributed by atoms with E-state index in [9.17, 15) is 14.7 Å². The zero-order valence-corrected chi connectivity index (χ0v) is 11.1. The number of aliphatic hydroxyl groups is 1. The summed E-state index contributed by atoms with van der Waals surface area (Å²) in [5.74, 6) is -0.510. The fraction of sp³-hybridized carbons (Fsp3) is 0.467.